The van der Waals surface area contributed by atoms with Crippen LogP contribution in [0.1, 0.15) is 27.2 Å². The molecular formula is C21H19BrN2O2. The molecule has 1 aromatic heterocycles. The van der Waals surface area contributed by atoms with Gasteiger partial charge in [0.05, 0.1) is 11.4 Å². The third kappa shape index (κ3) is 4.11. The van der Waals surface area contributed by atoms with E-state index >= 15 is 0 Å². The highest BCUT2D eigenvalue weighted by Gasteiger charge is 2.20. The molecule has 1 heterocycles. The molecule has 26 heavy (non-hydrogen) atoms. The maximum absolute atomic E-state index is 12.6. The number of rotatable bonds is 5. The SMILES string of the molecule is Cc1ccc(Cn2cccc2C(=O)C(=O)Nc2ccc(C)cc2Br)cc1. The number of ketones is 1. The van der Waals surface area contributed by atoms with E-state index in [-0.39, 0.29) is 0 Å². The van der Waals surface area contributed by atoms with Gasteiger partial charge in [0.15, 0.2) is 0 Å². The van der Waals surface area contributed by atoms with Crippen molar-refractivity contribution < 1.29 is 9.59 Å². The number of nitrogens with one attached hydrogen (secondary N) is 1. The smallest absolute Gasteiger partial charge is 0.298 e. The Labute approximate surface area is 161 Å². The number of carbonyl (C=O) groups excluding carboxylic acids is 2. The lowest BCUT2D eigenvalue weighted by Crippen LogP contribution is -2.25. The lowest BCUT2D eigenvalue weighted by Gasteiger charge is -2.10. The van der Waals surface area contributed by atoms with Gasteiger partial charge in [-0.15, -0.1) is 0 Å². The van der Waals surface area contributed by atoms with Crippen molar-refractivity contribution >= 4 is 33.3 Å². The van der Waals surface area contributed by atoms with E-state index in [1.807, 2.05) is 56.4 Å². The van der Waals surface area contributed by atoms with Crippen molar-refractivity contribution in [3.05, 3.63) is 87.7 Å². The Morgan fingerprint density at radius 3 is 2.38 bits per heavy atom. The van der Waals surface area contributed by atoms with Gasteiger partial charge in [0, 0.05) is 17.2 Å². The number of hydrogen-bond acceptors (Lipinski definition) is 2. The highest BCUT2D eigenvalue weighted by atomic mass is 79.9. The van der Waals surface area contributed by atoms with Crippen LogP contribution >= 0.6 is 15.9 Å². The minimum Gasteiger partial charge on any atom is -0.340 e. The molecule has 0 saturated heterocycles. The number of halogens is 1. The van der Waals surface area contributed by atoms with Crippen LogP contribution in [-0.2, 0) is 11.3 Å². The van der Waals surface area contributed by atoms with Crippen LogP contribution in [0.15, 0.2) is 65.3 Å². The lowest BCUT2D eigenvalue weighted by atomic mass is 10.1. The summed E-state index contributed by atoms with van der Waals surface area (Å²) in [5.41, 5.74) is 4.26. The number of hydrogen-bond donors (Lipinski definition) is 1. The van der Waals surface area contributed by atoms with E-state index in [0.717, 1.165) is 15.6 Å². The largest absolute Gasteiger partial charge is 0.340 e. The molecule has 3 aromatic rings. The fourth-order valence-corrected chi connectivity index (χ4v) is 3.26. The molecule has 4 nitrogen and oxygen atoms in total. The van der Waals surface area contributed by atoms with E-state index in [2.05, 4.69) is 21.2 Å². The van der Waals surface area contributed by atoms with Gasteiger partial charge in [-0.3, -0.25) is 9.59 Å². The summed E-state index contributed by atoms with van der Waals surface area (Å²) in [6, 6.07) is 17.1. The Balaban J connectivity index is 1.76. The molecule has 0 aliphatic carbocycles. The number of aryl methyl sites for hydroxylation is 2. The van der Waals surface area contributed by atoms with Crippen LogP contribution in [0.25, 0.3) is 0 Å². The first-order chi connectivity index (χ1) is 12.4. The van der Waals surface area contributed by atoms with Crippen molar-refractivity contribution in [2.45, 2.75) is 20.4 Å². The molecule has 0 unspecified atom stereocenters. The second-order valence-corrected chi connectivity index (χ2v) is 7.13. The first kappa shape index (κ1) is 18.1. The predicted octanol–water partition coefficient (Wildman–Crippen LogP) is 4.74. The quantitative estimate of drug-likeness (QED) is 0.487. The van der Waals surface area contributed by atoms with Gasteiger partial charge >= 0.3 is 0 Å². The summed E-state index contributed by atoms with van der Waals surface area (Å²) >= 11 is 3.41. The number of carbonyl (C=O) groups is 2. The molecule has 132 valence electrons. The van der Waals surface area contributed by atoms with E-state index < -0.39 is 11.7 Å². The topological polar surface area (TPSA) is 51.1 Å². The normalized spacial score (nSPS) is 10.6. The third-order valence-electron chi connectivity index (χ3n) is 4.11. The maximum Gasteiger partial charge on any atom is 0.298 e. The van der Waals surface area contributed by atoms with E-state index in [9.17, 15) is 9.59 Å². The maximum atomic E-state index is 12.6. The van der Waals surface area contributed by atoms with Gasteiger partial charge in [-0.05, 0) is 65.2 Å². The molecule has 3 rings (SSSR count). The molecule has 0 radical (unpaired) electrons. The van der Waals surface area contributed by atoms with Gasteiger partial charge in [0.25, 0.3) is 11.7 Å². The molecule has 1 N–H and O–H groups in total. The van der Waals surface area contributed by atoms with E-state index in [4.69, 9.17) is 0 Å². The second-order valence-electron chi connectivity index (χ2n) is 6.27. The Bertz CT molecular complexity index is 958. The number of Topliss-reactive ketones (excluding diaryl/α,β-unsaturated/α-hetero) is 1. The van der Waals surface area contributed by atoms with Crippen molar-refractivity contribution in [1.29, 1.82) is 0 Å². The van der Waals surface area contributed by atoms with Gasteiger partial charge < -0.3 is 9.88 Å². The summed E-state index contributed by atoms with van der Waals surface area (Å²) in [6.45, 7) is 4.53. The fraction of sp³-hybridized carbons (Fsp3) is 0.143. The van der Waals surface area contributed by atoms with Crippen molar-refractivity contribution in [3.63, 3.8) is 0 Å². The summed E-state index contributed by atoms with van der Waals surface area (Å²) in [5.74, 6) is -1.21. The van der Waals surface area contributed by atoms with Crippen molar-refractivity contribution in [1.82, 2.24) is 4.57 Å². The van der Waals surface area contributed by atoms with Gasteiger partial charge in [-0.1, -0.05) is 35.9 Å². The van der Waals surface area contributed by atoms with Crippen molar-refractivity contribution in [3.8, 4) is 0 Å². The summed E-state index contributed by atoms with van der Waals surface area (Å²) in [4.78, 5) is 25.0. The van der Waals surface area contributed by atoms with E-state index in [1.165, 1.54) is 5.56 Å². The van der Waals surface area contributed by atoms with Crippen LogP contribution in [0.4, 0.5) is 5.69 Å². The van der Waals surface area contributed by atoms with Crippen LogP contribution in [0.2, 0.25) is 0 Å². The van der Waals surface area contributed by atoms with Gasteiger partial charge in [-0.2, -0.15) is 0 Å². The highest BCUT2D eigenvalue weighted by molar-refractivity contribution is 9.10. The molecule has 0 saturated carbocycles. The predicted molar refractivity (Wildman–Crippen MR) is 107 cm³/mol. The average Bonchev–Trinajstić information content (AvgIpc) is 3.06. The first-order valence-corrected chi connectivity index (χ1v) is 9.06. The molecular weight excluding hydrogens is 392 g/mol. The van der Waals surface area contributed by atoms with Crippen molar-refractivity contribution in [2.75, 3.05) is 5.32 Å². The minimum absolute atomic E-state index is 0.367. The van der Waals surface area contributed by atoms with Crippen LogP contribution in [0.5, 0.6) is 0 Å². The van der Waals surface area contributed by atoms with Crippen LogP contribution in [0.3, 0.4) is 0 Å². The molecule has 2 aromatic carbocycles. The monoisotopic (exact) mass is 410 g/mol. The Kier molecular flexibility index (Phi) is 5.38. The number of amides is 1. The Morgan fingerprint density at radius 1 is 1.00 bits per heavy atom. The zero-order chi connectivity index (χ0) is 18.7. The van der Waals surface area contributed by atoms with Crippen molar-refractivity contribution in [2.24, 2.45) is 0 Å². The van der Waals surface area contributed by atoms with E-state index in [1.54, 1.807) is 22.8 Å². The molecule has 5 heteroatoms. The third-order valence-corrected chi connectivity index (χ3v) is 4.77. The first-order valence-electron chi connectivity index (χ1n) is 8.26. The summed E-state index contributed by atoms with van der Waals surface area (Å²) in [5, 5.41) is 2.68. The van der Waals surface area contributed by atoms with Crippen LogP contribution < -0.4 is 5.32 Å². The molecule has 0 fully saturated rings. The zero-order valence-corrected chi connectivity index (χ0v) is 16.2. The average molecular weight is 411 g/mol. The zero-order valence-electron chi connectivity index (χ0n) is 14.6. The van der Waals surface area contributed by atoms with Crippen LogP contribution in [-0.4, -0.2) is 16.3 Å². The Morgan fingerprint density at radius 2 is 1.69 bits per heavy atom. The molecule has 0 bridgehead atoms. The highest BCUT2D eigenvalue weighted by Crippen LogP contribution is 2.23. The minimum atomic E-state index is -0.654. The molecule has 0 aliphatic rings. The van der Waals surface area contributed by atoms with Gasteiger partial charge in [0.1, 0.15) is 0 Å². The summed E-state index contributed by atoms with van der Waals surface area (Å²) in [7, 11) is 0. The standard InChI is InChI=1S/C21H19BrN2O2/c1-14-5-8-16(9-6-14)13-24-11-3-4-19(24)20(25)21(26)23-18-10-7-15(2)12-17(18)22/h3-12H,13H2,1-2H3,(H,23,26). The number of nitrogens with zero attached hydrogens (tertiary/aromatic N) is 1. The number of aromatic nitrogens is 1. The van der Waals surface area contributed by atoms with E-state index in [0.29, 0.717) is 17.9 Å². The molecule has 1 amide bonds. The fourth-order valence-electron chi connectivity index (χ4n) is 2.67. The summed E-state index contributed by atoms with van der Waals surface area (Å²) in [6.07, 6.45) is 1.81. The summed E-state index contributed by atoms with van der Waals surface area (Å²) < 4.78 is 2.53. The van der Waals surface area contributed by atoms with Crippen LogP contribution in [0, 0.1) is 13.8 Å². The second kappa shape index (κ2) is 7.70. The Hall–Kier alpha value is -2.66. The van der Waals surface area contributed by atoms with Gasteiger partial charge in [0.2, 0.25) is 0 Å². The lowest BCUT2D eigenvalue weighted by molar-refractivity contribution is -0.112. The number of anilines is 1. The molecule has 0 spiro atoms. The molecule has 0 atom stereocenters. The van der Waals surface area contributed by atoms with Gasteiger partial charge in [-0.25, -0.2) is 0 Å². The molecule has 0 aliphatic heterocycles. The number of benzene rings is 2.